The number of ether oxygens (including phenoxy) is 3. The van der Waals surface area contributed by atoms with Gasteiger partial charge in [-0.1, -0.05) is 18.2 Å². The zero-order chi connectivity index (χ0) is 14.3. The smallest absolute Gasteiger partial charge is 0.163 e. The average molecular weight is 285 g/mol. The van der Waals surface area contributed by atoms with E-state index in [4.69, 9.17) is 14.2 Å². The highest BCUT2D eigenvalue weighted by molar-refractivity contribution is 5.55. The number of rotatable bonds is 6. The molecule has 0 saturated carbocycles. The lowest BCUT2D eigenvalue weighted by atomic mass is 10.2. The molecule has 0 spiro atoms. The van der Waals surface area contributed by atoms with E-state index in [1.807, 2.05) is 48.5 Å². The Labute approximate surface area is 124 Å². The molecule has 0 atom stereocenters. The summed E-state index contributed by atoms with van der Waals surface area (Å²) in [5.74, 6) is 2.54. The van der Waals surface area contributed by atoms with Crippen molar-refractivity contribution in [2.45, 2.75) is 6.42 Å². The van der Waals surface area contributed by atoms with Gasteiger partial charge < -0.3 is 19.5 Å². The third-order valence-electron chi connectivity index (χ3n) is 3.20. The molecule has 110 valence electrons. The zero-order valence-electron chi connectivity index (χ0n) is 11.9. The molecule has 21 heavy (non-hydrogen) atoms. The fourth-order valence-electron chi connectivity index (χ4n) is 2.16. The van der Waals surface area contributed by atoms with Crippen LogP contribution in [0.15, 0.2) is 48.5 Å². The lowest BCUT2D eigenvalue weighted by molar-refractivity contribution is 0.171. The highest BCUT2D eigenvalue weighted by Gasteiger charge is 2.11. The molecule has 1 aliphatic rings. The van der Waals surface area contributed by atoms with E-state index >= 15 is 0 Å². The predicted molar refractivity (Wildman–Crippen MR) is 82.5 cm³/mol. The summed E-state index contributed by atoms with van der Waals surface area (Å²) < 4.78 is 16.7. The molecule has 3 rings (SSSR count). The SMILES string of the molecule is c1ccc(OCCCNc2ccc3c(c2)OCCO3)cc1. The number of para-hydroxylation sites is 1. The Balaban J connectivity index is 1.41. The topological polar surface area (TPSA) is 39.7 Å². The van der Waals surface area contributed by atoms with Gasteiger partial charge in [-0.25, -0.2) is 0 Å². The van der Waals surface area contributed by atoms with E-state index in [0.717, 1.165) is 35.9 Å². The summed E-state index contributed by atoms with van der Waals surface area (Å²) in [7, 11) is 0. The Kier molecular flexibility index (Phi) is 4.46. The van der Waals surface area contributed by atoms with E-state index in [1.165, 1.54) is 0 Å². The van der Waals surface area contributed by atoms with Gasteiger partial charge in [-0.3, -0.25) is 0 Å². The molecule has 1 heterocycles. The van der Waals surface area contributed by atoms with Crippen molar-refractivity contribution in [3.8, 4) is 17.2 Å². The minimum Gasteiger partial charge on any atom is -0.494 e. The molecule has 1 aliphatic heterocycles. The van der Waals surface area contributed by atoms with Crippen LogP contribution in [0.4, 0.5) is 5.69 Å². The Morgan fingerprint density at radius 1 is 0.952 bits per heavy atom. The van der Waals surface area contributed by atoms with Gasteiger partial charge in [0.05, 0.1) is 6.61 Å². The largest absolute Gasteiger partial charge is 0.494 e. The van der Waals surface area contributed by atoms with E-state index < -0.39 is 0 Å². The van der Waals surface area contributed by atoms with Crippen LogP contribution in [-0.2, 0) is 0 Å². The molecule has 0 aliphatic carbocycles. The molecule has 0 bridgehead atoms. The fraction of sp³-hybridized carbons (Fsp3) is 0.294. The maximum atomic E-state index is 5.65. The molecule has 4 nitrogen and oxygen atoms in total. The quantitative estimate of drug-likeness (QED) is 0.826. The second-order valence-electron chi connectivity index (χ2n) is 4.80. The van der Waals surface area contributed by atoms with Crippen LogP contribution >= 0.6 is 0 Å². The van der Waals surface area contributed by atoms with Crippen LogP contribution in [0.3, 0.4) is 0 Å². The van der Waals surface area contributed by atoms with Crippen molar-refractivity contribution in [1.82, 2.24) is 0 Å². The van der Waals surface area contributed by atoms with Crippen molar-refractivity contribution < 1.29 is 14.2 Å². The molecule has 0 unspecified atom stereocenters. The van der Waals surface area contributed by atoms with Crippen molar-refractivity contribution >= 4 is 5.69 Å². The standard InChI is InChI=1S/C17H19NO3/c1-2-5-15(6-3-1)19-10-4-9-18-14-7-8-16-17(13-14)21-12-11-20-16/h1-3,5-8,13,18H,4,9-12H2. The normalized spacial score (nSPS) is 12.8. The van der Waals surface area contributed by atoms with Crippen LogP contribution in [0.1, 0.15) is 6.42 Å². The highest BCUT2D eigenvalue weighted by Crippen LogP contribution is 2.32. The highest BCUT2D eigenvalue weighted by atomic mass is 16.6. The second kappa shape index (κ2) is 6.88. The van der Waals surface area contributed by atoms with Crippen LogP contribution < -0.4 is 19.5 Å². The fourth-order valence-corrected chi connectivity index (χ4v) is 2.16. The van der Waals surface area contributed by atoms with Crippen LogP contribution in [0.5, 0.6) is 17.2 Å². The first-order valence-electron chi connectivity index (χ1n) is 7.23. The third kappa shape index (κ3) is 3.81. The van der Waals surface area contributed by atoms with E-state index in [9.17, 15) is 0 Å². The summed E-state index contributed by atoms with van der Waals surface area (Å²) >= 11 is 0. The van der Waals surface area contributed by atoms with Crippen molar-refractivity contribution in [3.05, 3.63) is 48.5 Å². The first kappa shape index (κ1) is 13.6. The monoisotopic (exact) mass is 285 g/mol. The molecule has 1 N–H and O–H groups in total. The number of benzene rings is 2. The summed E-state index contributed by atoms with van der Waals surface area (Å²) in [6.45, 7) is 2.78. The number of hydrogen-bond acceptors (Lipinski definition) is 4. The first-order chi connectivity index (χ1) is 10.4. The minimum atomic E-state index is 0.612. The molecular formula is C17H19NO3. The van der Waals surface area contributed by atoms with Gasteiger partial charge in [-0.2, -0.15) is 0 Å². The lowest BCUT2D eigenvalue weighted by Gasteiger charge is -2.19. The van der Waals surface area contributed by atoms with Crippen LogP contribution in [0.25, 0.3) is 0 Å². The number of hydrogen-bond donors (Lipinski definition) is 1. The van der Waals surface area contributed by atoms with Gasteiger partial charge in [0.2, 0.25) is 0 Å². The molecule has 0 saturated heterocycles. The van der Waals surface area contributed by atoms with Gasteiger partial charge in [0.25, 0.3) is 0 Å². The molecular weight excluding hydrogens is 266 g/mol. The molecule has 2 aromatic rings. The summed E-state index contributed by atoms with van der Waals surface area (Å²) in [6, 6.07) is 15.8. The van der Waals surface area contributed by atoms with Gasteiger partial charge in [0, 0.05) is 18.3 Å². The Morgan fingerprint density at radius 3 is 2.62 bits per heavy atom. The van der Waals surface area contributed by atoms with Crippen molar-refractivity contribution in [2.75, 3.05) is 31.7 Å². The van der Waals surface area contributed by atoms with Crippen LogP contribution in [0.2, 0.25) is 0 Å². The van der Waals surface area contributed by atoms with Gasteiger partial charge in [0.1, 0.15) is 19.0 Å². The number of anilines is 1. The molecule has 0 fully saturated rings. The van der Waals surface area contributed by atoms with E-state index in [0.29, 0.717) is 19.8 Å². The van der Waals surface area contributed by atoms with Crippen molar-refractivity contribution in [2.24, 2.45) is 0 Å². The van der Waals surface area contributed by atoms with E-state index in [-0.39, 0.29) is 0 Å². The summed E-state index contributed by atoms with van der Waals surface area (Å²) in [6.07, 6.45) is 0.934. The Bertz CT molecular complexity index is 572. The lowest BCUT2D eigenvalue weighted by Crippen LogP contribution is -2.15. The van der Waals surface area contributed by atoms with Crippen LogP contribution in [0, 0.1) is 0 Å². The van der Waals surface area contributed by atoms with Gasteiger partial charge in [0.15, 0.2) is 11.5 Å². The maximum absolute atomic E-state index is 5.65. The minimum absolute atomic E-state index is 0.612. The Morgan fingerprint density at radius 2 is 1.76 bits per heavy atom. The summed E-state index contributed by atoms with van der Waals surface area (Å²) in [5.41, 5.74) is 1.04. The predicted octanol–water partition coefficient (Wildman–Crippen LogP) is 3.34. The van der Waals surface area contributed by atoms with E-state index in [1.54, 1.807) is 0 Å². The number of fused-ring (bicyclic) bond motifs is 1. The van der Waals surface area contributed by atoms with Crippen molar-refractivity contribution in [1.29, 1.82) is 0 Å². The summed E-state index contributed by atoms with van der Waals surface area (Å²) in [4.78, 5) is 0. The summed E-state index contributed by atoms with van der Waals surface area (Å²) in [5, 5.41) is 3.37. The number of nitrogens with one attached hydrogen (secondary N) is 1. The average Bonchev–Trinajstić information content (AvgIpc) is 2.55. The maximum Gasteiger partial charge on any atom is 0.163 e. The van der Waals surface area contributed by atoms with Gasteiger partial charge >= 0.3 is 0 Å². The third-order valence-corrected chi connectivity index (χ3v) is 3.20. The van der Waals surface area contributed by atoms with Gasteiger partial charge in [-0.15, -0.1) is 0 Å². The van der Waals surface area contributed by atoms with Crippen molar-refractivity contribution in [3.63, 3.8) is 0 Å². The molecule has 0 amide bonds. The molecule has 2 aromatic carbocycles. The molecule has 0 aromatic heterocycles. The Hall–Kier alpha value is -2.36. The molecule has 0 radical (unpaired) electrons. The van der Waals surface area contributed by atoms with E-state index in [2.05, 4.69) is 5.32 Å². The zero-order valence-corrected chi connectivity index (χ0v) is 11.9. The van der Waals surface area contributed by atoms with Gasteiger partial charge in [-0.05, 0) is 30.7 Å². The van der Waals surface area contributed by atoms with Crippen LogP contribution in [-0.4, -0.2) is 26.4 Å². The molecule has 4 heteroatoms. The first-order valence-corrected chi connectivity index (χ1v) is 7.23. The second-order valence-corrected chi connectivity index (χ2v) is 4.80.